The van der Waals surface area contributed by atoms with Crippen LogP contribution in [0.4, 0.5) is 13.2 Å². The number of rotatable bonds is 5. The molecule has 0 saturated carbocycles. The molecule has 0 bridgehead atoms. The summed E-state index contributed by atoms with van der Waals surface area (Å²) in [7, 11) is -3.13. The first-order valence-corrected chi connectivity index (χ1v) is 11.4. The van der Waals surface area contributed by atoms with Crippen LogP contribution in [0.25, 0.3) is 0 Å². The normalized spacial score (nSPS) is 25.6. The zero-order valence-electron chi connectivity index (χ0n) is 15.2. The maximum atomic E-state index is 11.2. The van der Waals surface area contributed by atoms with Gasteiger partial charge in [0.2, 0.25) is 10.0 Å². The molecular formula is C16H23F3N2O5S2. The molecule has 2 aliphatic heterocycles. The van der Waals surface area contributed by atoms with E-state index >= 15 is 0 Å². The number of ether oxygens (including phenoxy) is 1. The Balaban J connectivity index is 0.000000345. The van der Waals surface area contributed by atoms with Crippen LogP contribution >= 0.6 is 11.3 Å². The molecule has 7 nitrogen and oxygen atoms in total. The van der Waals surface area contributed by atoms with Crippen LogP contribution in [-0.4, -0.2) is 69.2 Å². The second-order valence-electron chi connectivity index (χ2n) is 6.87. The molecule has 3 rings (SSSR count). The average Bonchev–Trinajstić information content (AvgIpc) is 3.21. The molecule has 0 aromatic carbocycles. The van der Waals surface area contributed by atoms with E-state index in [4.69, 9.17) is 14.6 Å². The molecule has 0 radical (unpaired) electrons. The quantitative estimate of drug-likeness (QED) is 0.719. The Kier molecular flexibility index (Phi) is 7.85. The van der Waals surface area contributed by atoms with Crippen molar-refractivity contribution in [2.24, 2.45) is 11.8 Å². The van der Waals surface area contributed by atoms with Crippen LogP contribution in [0, 0.1) is 11.8 Å². The van der Waals surface area contributed by atoms with Gasteiger partial charge in [0.15, 0.2) is 0 Å². The number of alkyl halides is 3. The number of aliphatic carboxylic acids is 1. The van der Waals surface area contributed by atoms with Crippen LogP contribution < -0.4 is 4.72 Å². The summed E-state index contributed by atoms with van der Waals surface area (Å²) in [4.78, 5) is 11.4. The number of nitrogens with one attached hydrogen (secondary N) is 1. The number of likely N-dealkylation sites (tertiary alicyclic amines) is 1. The first kappa shape index (κ1) is 23.1. The Hall–Kier alpha value is -1.21. The molecule has 160 valence electrons. The van der Waals surface area contributed by atoms with Crippen LogP contribution in [-0.2, 0) is 26.1 Å². The molecule has 1 aromatic rings. The van der Waals surface area contributed by atoms with Crippen molar-refractivity contribution in [3.8, 4) is 0 Å². The van der Waals surface area contributed by atoms with Gasteiger partial charge in [0, 0.05) is 25.6 Å². The van der Waals surface area contributed by atoms with Crippen molar-refractivity contribution in [2.45, 2.75) is 25.2 Å². The van der Waals surface area contributed by atoms with Crippen LogP contribution in [0.5, 0.6) is 0 Å². The second-order valence-corrected chi connectivity index (χ2v) is 9.49. The molecule has 2 saturated heterocycles. The number of fused-ring (bicyclic) bond motifs is 1. The maximum absolute atomic E-state index is 11.2. The molecule has 28 heavy (non-hydrogen) atoms. The summed E-state index contributed by atoms with van der Waals surface area (Å²) >= 11 is 1.74. The molecule has 2 fully saturated rings. The summed E-state index contributed by atoms with van der Waals surface area (Å²) in [6.45, 7) is 4.29. The van der Waals surface area contributed by atoms with E-state index in [1.807, 2.05) is 0 Å². The third-order valence-corrected chi connectivity index (χ3v) is 6.08. The molecule has 0 unspecified atom stereocenters. The van der Waals surface area contributed by atoms with Crippen molar-refractivity contribution in [3.05, 3.63) is 22.4 Å². The minimum atomic E-state index is -5.08. The van der Waals surface area contributed by atoms with Gasteiger partial charge in [-0.3, -0.25) is 4.90 Å². The van der Waals surface area contributed by atoms with Gasteiger partial charge in [0.1, 0.15) is 0 Å². The largest absolute Gasteiger partial charge is 0.490 e. The molecule has 1 aromatic heterocycles. The van der Waals surface area contributed by atoms with E-state index in [0.717, 1.165) is 32.7 Å². The lowest BCUT2D eigenvalue weighted by Gasteiger charge is -2.35. The van der Waals surface area contributed by atoms with E-state index in [9.17, 15) is 21.6 Å². The number of sulfonamides is 1. The summed E-state index contributed by atoms with van der Waals surface area (Å²) in [6.07, 6.45) is -2.76. The zero-order chi connectivity index (χ0) is 20.9. The Morgan fingerprint density at radius 3 is 2.68 bits per heavy atom. The van der Waals surface area contributed by atoms with Gasteiger partial charge in [-0.05, 0) is 41.3 Å². The predicted octanol–water partition coefficient (Wildman–Crippen LogP) is 1.77. The monoisotopic (exact) mass is 444 g/mol. The highest BCUT2D eigenvalue weighted by atomic mass is 32.2. The fourth-order valence-corrected chi connectivity index (χ4v) is 4.52. The summed E-state index contributed by atoms with van der Waals surface area (Å²) in [5.41, 5.74) is 1.38. The fourth-order valence-electron chi connectivity index (χ4n) is 3.39. The van der Waals surface area contributed by atoms with E-state index in [2.05, 4.69) is 26.4 Å². The van der Waals surface area contributed by atoms with E-state index in [0.29, 0.717) is 18.4 Å². The topological polar surface area (TPSA) is 95.9 Å². The van der Waals surface area contributed by atoms with Gasteiger partial charge in [0.05, 0.1) is 19.0 Å². The molecule has 0 aliphatic carbocycles. The Morgan fingerprint density at radius 2 is 2.14 bits per heavy atom. The third kappa shape index (κ3) is 7.32. The van der Waals surface area contributed by atoms with Crippen LogP contribution in [0.15, 0.2) is 16.8 Å². The summed E-state index contributed by atoms with van der Waals surface area (Å²) < 4.78 is 62.6. The van der Waals surface area contributed by atoms with E-state index in [-0.39, 0.29) is 6.10 Å². The van der Waals surface area contributed by atoms with E-state index in [1.165, 1.54) is 11.8 Å². The summed E-state index contributed by atoms with van der Waals surface area (Å²) in [6, 6.07) is 2.18. The molecule has 2 N–H and O–H groups in total. The van der Waals surface area contributed by atoms with Crippen molar-refractivity contribution < 1.29 is 36.2 Å². The highest BCUT2D eigenvalue weighted by Crippen LogP contribution is 2.34. The molecule has 3 heterocycles. The van der Waals surface area contributed by atoms with Gasteiger partial charge in [0.25, 0.3) is 0 Å². The summed E-state index contributed by atoms with van der Waals surface area (Å²) in [5.74, 6) is -1.74. The van der Waals surface area contributed by atoms with Gasteiger partial charge in [-0.25, -0.2) is 17.9 Å². The molecule has 12 heteroatoms. The molecular weight excluding hydrogens is 421 g/mol. The van der Waals surface area contributed by atoms with Gasteiger partial charge < -0.3 is 9.84 Å². The molecule has 2 aliphatic rings. The zero-order valence-corrected chi connectivity index (χ0v) is 16.8. The number of hydrogen-bond donors (Lipinski definition) is 2. The Morgan fingerprint density at radius 1 is 1.46 bits per heavy atom. The lowest BCUT2D eigenvalue weighted by molar-refractivity contribution is -0.192. The van der Waals surface area contributed by atoms with Crippen molar-refractivity contribution in [1.29, 1.82) is 0 Å². The third-order valence-electron chi connectivity index (χ3n) is 4.65. The molecule has 0 spiro atoms. The Labute approximate surface area is 165 Å². The highest BCUT2D eigenvalue weighted by Gasteiger charge is 2.40. The lowest BCUT2D eigenvalue weighted by atomic mass is 9.84. The van der Waals surface area contributed by atoms with Crippen LogP contribution in [0.2, 0.25) is 0 Å². The maximum Gasteiger partial charge on any atom is 0.490 e. The number of halogens is 3. The number of piperidine rings is 1. The number of thiophene rings is 1. The van der Waals surface area contributed by atoms with Gasteiger partial charge in [-0.1, -0.05) is 0 Å². The number of hydrogen-bond acceptors (Lipinski definition) is 6. The first-order valence-electron chi connectivity index (χ1n) is 8.55. The smallest absolute Gasteiger partial charge is 0.475 e. The van der Waals surface area contributed by atoms with Gasteiger partial charge in [-0.15, -0.1) is 0 Å². The Bertz CT molecular complexity index is 740. The number of carboxylic acids is 1. The molecule has 0 amide bonds. The first-order chi connectivity index (χ1) is 13.0. The van der Waals surface area contributed by atoms with Crippen LogP contribution in [0.1, 0.15) is 12.0 Å². The average molecular weight is 444 g/mol. The van der Waals surface area contributed by atoms with Crippen molar-refractivity contribution in [1.82, 2.24) is 9.62 Å². The highest BCUT2D eigenvalue weighted by molar-refractivity contribution is 7.88. The van der Waals surface area contributed by atoms with Crippen molar-refractivity contribution in [2.75, 3.05) is 32.5 Å². The minimum absolute atomic E-state index is 0.0352. The van der Waals surface area contributed by atoms with Crippen LogP contribution in [0.3, 0.4) is 0 Å². The molecule has 3 atom stereocenters. The van der Waals surface area contributed by atoms with Crippen molar-refractivity contribution >= 4 is 27.3 Å². The van der Waals surface area contributed by atoms with Gasteiger partial charge >= 0.3 is 12.1 Å². The summed E-state index contributed by atoms with van der Waals surface area (Å²) in [5, 5.41) is 11.4. The van der Waals surface area contributed by atoms with E-state index < -0.39 is 22.2 Å². The number of carboxylic acid groups (broad SMARTS) is 1. The van der Waals surface area contributed by atoms with E-state index in [1.54, 1.807) is 11.3 Å². The van der Waals surface area contributed by atoms with Gasteiger partial charge in [-0.2, -0.15) is 24.5 Å². The standard InChI is InChI=1S/C14H22N2O3S2.C2HF3O2/c1-21(17,18)15-6-14-13-2-4-16(8-12(13)9-19-14)7-11-3-5-20-10-11;3-2(4,5)1(6)7/h3,5,10,12-15H,2,4,6-9H2,1H3;(H,6,7)/t12-,13-,14+;/m1./s1. The van der Waals surface area contributed by atoms with Crippen molar-refractivity contribution in [3.63, 3.8) is 0 Å². The number of carbonyl (C=O) groups is 1. The lowest BCUT2D eigenvalue weighted by Crippen LogP contribution is -2.43. The SMILES string of the molecule is CS(=O)(=O)NC[C@@H]1OC[C@H]2CN(Cc3ccsc3)CC[C@H]21.O=C(O)C(F)(F)F. The minimum Gasteiger partial charge on any atom is -0.475 e. The predicted molar refractivity (Wildman–Crippen MR) is 97.5 cm³/mol. The fraction of sp³-hybridized carbons (Fsp3) is 0.688. The number of nitrogens with zero attached hydrogens (tertiary/aromatic N) is 1. The second kappa shape index (κ2) is 9.53.